The molecule has 2 atom stereocenters. The lowest BCUT2D eigenvalue weighted by molar-refractivity contribution is 0.273. The molecule has 0 saturated heterocycles. The van der Waals surface area contributed by atoms with E-state index in [0.717, 1.165) is 18.6 Å². The van der Waals surface area contributed by atoms with Crippen LogP contribution in [0.3, 0.4) is 0 Å². The minimum Gasteiger partial charge on any atom is -0.489 e. The summed E-state index contributed by atoms with van der Waals surface area (Å²) in [4.78, 5) is 0. The molecule has 0 bridgehead atoms. The fourth-order valence-electron chi connectivity index (χ4n) is 3.31. The van der Waals surface area contributed by atoms with Crippen LogP contribution in [0.25, 0.3) is 10.8 Å². The van der Waals surface area contributed by atoms with Crippen molar-refractivity contribution in [3.8, 4) is 5.75 Å². The Kier molecular flexibility index (Phi) is 3.00. The second-order valence-electron chi connectivity index (χ2n) is 5.81. The molecule has 1 aliphatic rings. The molecule has 0 amide bonds. The Labute approximate surface area is 129 Å². The molecule has 2 aromatic carbocycles. The highest BCUT2D eigenvalue weighted by Crippen LogP contribution is 2.54. The van der Waals surface area contributed by atoms with Gasteiger partial charge >= 0.3 is 0 Å². The van der Waals surface area contributed by atoms with Gasteiger partial charge in [-0.2, -0.15) is 11.3 Å². The maximum absolute atomic E-state index is 6.37. The highest BCUT2D eigenvalue weighted by Gasteiger charge is 2.56. The van der Waals surface area contributed by atoms with E-state index in [-0.39, 0.29) is 5.41 Å². The smallest absolute Gasteiger partial charge is 0.127 e. The van der Waals surface area contributed by atoms with Gasteiger partial charge in [-0.05, 0) is 46.7 Å². The van der Waals surface area contributed by atoms with Crippen molar-refractivity contribution < 1.29 is 4.74 Å². The van der Waals surface area contributed by atoms with Gasteiger partial charge in [0.25, 0.3) is 0 Å². The Balaban J connectivity index is 1.65. The third-order valence-corrected chi connectivity index (χ3v) is 5.43. The molecule has 0 N–H and O–H groups in total. The van der Waals surface area contributed by atoms with Gasteiger partial charge in [-0.15, -0.1) is 0 Å². The topological polar surface area (TPSA) is 9.23 Å². The summed E-state index contributed by atoms with van der Waals surface area (Å²) in [6, 6.07) is 17.0. The number of hydrogen-bond donors (Lipinski definition) is 0. The zero-order chi connectivity index (χ0) is 14.3. The number of benzene rings is 2. The molecule has 0 unspecified atom stereocenters. The Morgan fingerprint density at radius 2 is 2.00 bits per heavy atom. The van der Waals surface area contributed by atoms with E-state index in [1.807, 2.05) is 0 Å². The maximum Gasteiger partial charge on any atom is 0.127 e. The van der Waals surface area contributed by atoms with E-state index < -0.39 is 0 Å². The normalized spacial score (nSPS) is 24.1. The number of ether oxygens (including phenoxy) is 1. The largest absolute Gasteiger partial charge is 0.489 e. The first kappa shape index (κ1) is 12.9. The van der Waals surface area contributed by atoms with Gasteiger partial charge < -0.3 is 4.74 Å². The summed E-state index contributed by atoms with van der Waals surface area (Å²) < 4.78 is 6.37. The molecule has 1 aliphatic carbocycles. The summed E-state index contributed by atoms with van der Waals surface area (Å²) in [5, 5.41) is 6.89. The van der Waals surface area contributed by atoms with Crippen molar-refractivity contribution in [1.29, 1.82) is 0 Å². The predicted octanol–water partition coefficient (Wildman–Crippen LogP) is 5.40. The van der Waals surface area contributed by atoms with Crippen molar-refractivity contribution in [3.05, 3.63) is 64.9 Å². The SMILES string of the molecule is CC[C@]1(c2ccsc2)C[C@H]1Oc1cccc2ccccc12. The monoisotopic (exact) mass is 294 g/mol. The molecular weight excluding hydrogens is 276 g/mol. The minimum atomic E-state index is 0.233. The zero-order valence-corrected chi connectivity index (χ0v) is 12.9. The van der Waals surface area contributed by atoms with Gasteiger partial charge in [-0.25, -0.2) is 0 Å². The van der Waals surface area contributed by atoms with Crippen molar-refractivity contribution in [2.45, 2.75) is 31.3 Å². The van der Waals surface area contributed by atoms with Crippen LogP contribution in [-0.4, -0.2) is 6.10 Å². The molecule has 1 nitrogen and oxygen atoms in total. The Bertz CT molecular complexity index is 757. The number of fused-ring (bicyclic) bond motifs is 1. The van der Waals surface area contributed by atoms with Crippen molar-refractivity contribution in [3.63, 3.8) is 0 Å². The van der Waals surface area contributed by atoms with Crippen LogP contribution in [0.15, 0.2) is 59.3 Å². The number of hydrogen-bond acceptors (Lipinski definition) is 2. The third-order valence-electron chi connectivity index (χ3n) is 4.75. The first-order chi connectivity index (χ1) is 10.3. The summed E-state index contributed by atoms with van der Waals surface area (Å²) in [6.07, 6.45) is 2.57. The van der Waals surface area contributed by atoms with Crippen LogP contribution in [-0.2, 0) is 5.41 Å². The van der Waals surface area contributed by atoms with Gasteiger partial charge in [0.2, 0.25) is 0 Å². The van der Waals surface area contributed by atoms with Crippen LogP contribution >= 0.6 is 11.3 Å². The molecule has 1 fully saturated rings. The second-order valence-corrected chi connectivity index (χ2v) is 6.59. The molecular formula is C19H18OS. The highest BCUT2D eigenvalue weighted by molar-refractivity contribution is 7.08. The van der Waals surface area contributed by atoms with Crippen LogP contribution in [0.2, 0.25) is 0 Å². The van der Waals surface area contributed by atoms with E-state index in [0.29, 0.717) is 6.10 Å². The molecule has 2 heteroatoms. The van der Waals surface area contributed by atoms with Gasteiger partial charge in [-0.3, -0.25) is 0 Å². The first-order valence-electron chi connectivity index (χ1n) is 7.50. The van der Waals surface area contributed by atoms with E-state index in [1.54, 1.807) is 11.3 Å². The van der Waals surface area contributed by atoms with E-state index in [9.17, 15) is 0 Å². The molecule has 1 aromatic heterocycles. The molecule has 0 spiro atoms. The van der Waals surface area contributed by atoms with E-state index in [2.05, 4.69) is 66.2 Å². The fourth-order valence-corrected chi connectivity index (χ4v) is 4.07. The van der Waals surface area contributed by atoms with Gasteiger partial charge in [-0.1, -0.05) is 43.3 Å². The Hall–Kier alpha value is -1.80. The fraction of sp³-hybridized carbons (Fsp3) is 0.263. The zero-order valence-electron chi connectivity index (χ0n) is 12.1. The lowest BCUT2D eigenvalue weighted by Crippen LogP contribution is -2.15. The predicted molar refractivity (Wildman–Crippen MR) is 89.3 cm³/mol. The molecule has 0 radical (unpaired) electrons. The molecule has 4 rings (SSSR count). The van der Waals surface area contributed by atoms with Crippen molar-refractivity contribution in [2.24, 2.45) is 0 Å². The maximum atomic E-state index is 6.37. The molecule has 3 aromatic rings. The molecule has 21 heavy (non-hydrogen) atoms. The second kappa shape index (κ2) is 4.88. The van der Waals surface area contributed by atoms with Gasteiger partial charge in [0, 0.05) is 10.8 Å². The van der Waals surface area contributed by atoms with Crippen LogP contribution in [0, 0.1) is 0 Å². The number of thiophene rings is 1. The average Bonchev–Trinajstić information content (AvgIpc) is 2.97. The average molecular weight is 294 g/mol. The summed E-state index contributed by atoms with van der Waals surface area (Å²) >= 11 is 1.78. The van der Waals surface area contributed by atoms with Crippen LogP contribution < -0.4 is 4.74 Å². The van der Waals surface area contributed by atoms with Crippen LogP contribution in [0.4, 0.5) is 0 Å². The van der Waals surface area contributed by atoms with Gasteiger partial charge in [0.05, 0.1) is 0 Å². The van der Waals surface area contributed by atoms with E-state index >= 15 is 0 Å². The van der Waals surface area contributed by atoms with Crippen molar-refractivity contribution in [1.82, 2.24) is 0 Å². The van der Waals surface area contributed by atoms with Crippen molar-refractivity contribution in [2.75, 3.05) is 0 Å². The standard InChI is InChI=1S/C19H18OS/c1-2-19(15-10-11-21-13-15)12-18(19)20-17-9-5-7-14-6-3-4-8-16(14)17/h3-11,13,18H,2,12H2,1H3/t18-,19-/m1/s1. The van der Waals surface area contributed by atoms with Gasteiger partial charge in [0.15, 0.2) is 0 Å². The molecule has 0 aliphatic heterocycles. The third kappa shape index (κ3) is 2.06. The Morgan fingerprint density at radius 3 is 2.81 bits per heavy atom. The number of rotatable bonds is 4. The summed E-state index contributed by atoms with van der Waals surface area (Å²) in [5.74, 6) is 1.02. The quantitative estimate of drug-likeness (QED) is 0.626. The Morgan fingerprint density at radius 1 is 1.14 bits per heavy atom. The summed E-state index contributed by atoms with van der Waals surface area (Å²) in [6.45, 7) is 2.27. The first-order valence-corrected chi connectivity index (χ1v) is 8.45. The molecule has 106 valence electrons. The minimum absolute atomic E-state index is 0.233. The molecule has 1 heterocycles. The summed E-state index contributed by atoms with van der Waals surface area (Å²) in [5.41, 5.74) is 1.68. The lowest BCUT2D eigenvalue weighted by atomic mass is 9.95. The van der Waals surface area contributed by atoms with Crippen LogP contribution in [0.5, 0.6) is 5.75 Å². The van der Waals surface area contributed by atoms with Crippen LogP contribution in [0.1, 0.15) is 25.3 Å². The summed E-state index contributed by atoms with van der Waals surface area (Å²) in [7, 11) is 0. The molecule has 1 saturated carbocycles. The van der Waals surface area contributed by atoms with E-state index in [1.165, 1.54) is 16.3 Å². The van der Waals surface area contributed by atoms with E-state index in [4.69, 9.17) is 4.74 Å². The lowest BCUT2D eigenvalue weighted by Gasteiger charge is -2.15. The highest BCUT2D eigenvalue weighted by atomic mass is 32.1. The van der Waals surface area contributed by atoms with Crippen molar-refractivity contribution >= 4 is 22.1 Å². The van der Waals surface area contributed by atoms with Gasteiger partial charge in [0.1, 0.15) is 11.9 Å².